The van der Waals surface area contributed by atoms with Gasteiger partial charge in [-0.2, -0.15) is 4.31 Å². The number of sulfone groups is 1. The first kappa shape index (κ1) is 13.4. The first-order valence-corrected chi connectivity index (χ1v) is 9.33. The van der Waals surface area contributed by atoms with Gasteiger partial charge >= 0.3 is 0 Å². The SMILES string of the molecule is O=S1(=O)CC2CC1CN2S(=O)(=O)c1ccc(Cl)cc1. The highest BCUT2D eigenvalue weighted by Gasteiger charge is 2.52. The van der Waals surface area contributed by atoms with Crippen molar-refractivity contribution in [1.82, 2.24) is 4.31 Å². The van der Waals surface area contributed by atoms with E-state index in [9.17, 15) is 16.8 Å². The van der Waals surface area contributed by atoms with E-state index in [0.717, 1.165) is 0 Å². The van der Waals surface area contributed by atoms with Gasteiger partial charge in [-0.15, -0.1) is 0 Å². The second-order valence-electron chi connectivity index (χ2n) is 4.87. The zero-order valence-electron chi connectivity index (χ0n) is 9.86. The van der Waals surface area contributed by atoms with Gasteiger partial charge in [0.1, 0.15) is 0 Å². The molecule has 0 aromatic heterocycles. The minimum atomic E-state index is -3.63. The number of nitrogens with zero attached hydrogens (tertiary/aromatic N) is 1. The lowest BCUT2D eigenvalue weighted by atomic mass is 10.3. The van der Waals surface area contributed by atoms with Crippen LogP contribution in [0.2, 0.25) is 5.02 Å². The molecule has 0 N–H and O–H groups in total. The van der Waals surface area contributed by atoms with Crippen LogP contribution in [0, 0.1) is 0 Å². The Labute approximate surface area is 117 Å². The van der Waals surface area contributed by atoms with E-state index in [1.165, 1.54) is 28.6 Å². The Balaban J connectivity index is 1.94. The fraction of sp³-hybridized carbons (Fsp3) is 0.455. The van der Waals surface area contributed by atoms with Crippen molar-refractivity contribution >= 4 is 31.5 Å². The molecule has 0 amide bonds. The molecule has 3 rings (SSSR count). The van der Waals surface area contributed by atoms with E-state index in [1.54, 1.807) is 0 Å². The van der Waals surface area contributed by atoms with Gasteiger partial charge in [-0.3, -0.25) is 0 Å². The maximum atomic E-state index is 12.4. The number of sulfonamides is 1. The highest BCUT2D eigenvalue weighted by molar-refractivity contribution is 7.93. The number of hydrogen-bond donors (Lipinski definition) is 0. The van der Waals surface area contributed by atoms with E-state index in [-0.39, 0.29) is 17.2 Å². The lowest BCUT2D eigenvalue weighted by Gasteiger charge is -2.26. The Morgan fingerprint density at radius 1 is 1.21 bits per heavy atom. The molecule has 8 heteroatoms. The Kier molecular flexibility index (Phi) is 2.94. The van der Waals surface area contributed by atoms with Crippen molar-refractivity contribution in [1.29, 1.82) is 0 Å². The van der Waals surface area contributed by atoms with E-state index in [0.29, 0.717) is 11.4 Å². The van der Waals surface area contributed by atoms with Crippen LogP contribution in [0.25, 0.3) is 0 Å². The van der Waals surface area contributed by atoms with Crippen molar-refractivity contribution in [3.8, 4) is 0 Å². The minimum Gasteiger partial charge on any atom is -0.228 e. The van der Waals surface area contributed by atoms with Crippen LogP contribution in [0.15, 0.2) is 29.2 Å². The topological polar surface area (TPSA) is 71.5 Å². The van der Waals surface area contributed by atoms with Gasteiger partial charge in [-0.25, -0.2) is 16.8 Å². The predicted molar refractivity (Wildman–Crippen MR) is 71.3 cm³/mol. The second kappa shape index (κ2) is 4.18. The third-order valence-electron chi connectivity index (χ3n) is 3.68. The summed E-state index contributed by atoms with van der Waals surface area (Å²) < 4.78 is 49.5. The second-order valence-corrected chi connectivity index (χ2v) is 9.52. The van der Waals surface area contributed by atoms with Crippen molar-refractivity contribution in [2.24, 2.45) is 0 Å². The minimum absolute atomic E-state index is 0.0650. The summed E-state index contributed by atoms with van der Waals surface area (Å²) in [5.41, 5.74) is 0. The Morgan fingerprint density at radius 3 is 2.32 bits per heavy atom. The summed E-state index contributed by atoms with van der Waals surface area (Å²) in [6, 6.07) is 5.49. The van der Waals surface area contributed by atoms with Crippen molar-refractivity contribution < 1.29 is 16.8 Å². The van der Waals surface area contributed by atoms with E-state index >= 15 is 0 Å². The van der Waals surface area contributed by atoms with Crippen molar-refractivity contribution in [3.05, 3.63) is 29.3 Å². The van der Waals surface area contributed by atoms with Gasteiger partial charge < -0.3 is 0 Å². The molecule has 2 fully saturated rings. The first-order valence-electron chi connectivity index (χ1n) is 5.80. The summed E-state index contributed by atoms with van der Waals surface area (Å²) in [6.07, 6.45) is 0.412. The molecule has 2 bridgehead atoms. The summed E-state index contributed by atoms with van der Waals surface area (Å²) in [5, 5.41) is -0.0796. The summed E-state index contributed by atoms with van der Waals surface area (Å²) >= 11 is 5.73. The molecule has 2 unspecified atom stereocenters. The van der Waals surface area contributed by atoms with Crippen molar-refractivity contribution in [3.63, 3.8) is 0 Å². The lowest BCUT2D eigenvalue weighted by Crippen LogP contribution is -2.43. The van der Waals surface area contributed by atoms with Crippen molar-refractivity contribution in [2.75, 3.05) is 12.3 Å². The average Bonchev–Trinajstić information content (AvgIpc) is 2.85. The Hall–Kier alpha value is -0.630. The molecular weight excluding hydrogens is 310 g/mol. The first-order chi connectivity index (χ1) is 8.80. The molecule has 0 aliphatic carbocycles. The van der Waals surface area contributed by atoms with E-state index in [1.807, 2.05) is 0 Å². The zero-order valence-corrected chi connectivity index (χ0v) is 12.2. The van der Waals surface area contributed by atoms with Gasteiger partial charge in [0.2, 0.25) is 10.0 Å². The van der Waals surface area contributed by atoms with Gasteiger partial charge in [0.25, 0.3) is 0 Å². The van der Waals surface area contributed by atoms with Gasteiger partial charge in [0.15, 0.2) is 9.84 Å². The standard InChI is InChI=1S/C11H12ClNO4S2/c12-8-1-3-10(4-2-8)19(16,17)13-6-11-5-9(13)7-18(11,14)15/h1-4,9,11H,5-7H2. The number of fused-ring (bicyclic) bond motifs is 2. The summed E-state index contributed by atoms with van der Waals surface area (Å²) in [7, 11) is -6.72. The number of benzene rings is 1. The molecule has 2 atom stereocenters. The van der Waals surface area contributed by atoms with Gasteiger partial charge in [0.05, 0.1) is 15.9 Å². The fourth-order valence-electron chi connectivity index (χ4n) is 2.70. The number of hydrogen-bond acceptors (Lipinski definition) is 4. The smallest absolute Gasteiger partial charge is 0.228 e. The monoisotopic (exact) mass is 321 g/mol. The molecule has 0 saturated carbocycles. The van der Waals surface area contributed by atoms with Crippen LogP contribution < -0.4 is 0 Å². The zero-order chi connectivity index (χ0) is 13.8. The summed E-state index contributed by atoms with van der Waals surface area (Å²) in [5.74, 6) is -0.0650. The highest BCUT2D eigenvalue weighted by Crippen LogP contribution is 2.36. The highest BCUT2D eigenvalue weighted by atomic mass is 35.5. The molecule has 104 valence electrons. The maximum Gasteiger partial charge on any atom is 0.243 e. The van der Waals surface area contributed by atoms with E-state index in [4.69, 9.17) is 11.6 Å². The molecule has 0 radical (unpaired) electrons. The van der Waals surface area contributed by atoms with Crippen LogP contribution in [0.4, 0.5) is 0 Å². The lowest BCUT2D eigenvalue weighted by molar-refractivity contribution is 0.402. The van der Waals surface area contributed by atoms with Crippen LogP contribution in [-0.2, 0) is 19.9 Å². The van der Waals surface area contributed by atoms with Crippen molar-refractivity contribution in [2.45, 2.75) is 22.6 Å². The van der Waals surface area contributed by atoms with Crippen LogP contribution in [0.1, 0.15) is 6.42 Å². The molecule has 2 heterocycles. The van der Waals surface area contributed by atoms with Crippen LogP contribution in [0.5, 0.6) is 0 Å². The predicted octanol–water partition coefficient (Wildman–Crippen LogP) is 0.900. The fourth-order valence-corrected chi connectivity index (χ4v) is 6.72. The van der Waals surface area contributed by atoms with Gasteiger partial charge in [0, 0.05) is 17.6 Å². The third-order valence-corrected chi connectivity index (χ3v) is 8.07. The molecule has 19 heavy (non-hydrogen) atoms. The Morgan fingerprint density at radius 2 is 1.84 bits per heavy atom. The van der Waals surface area contributed by atoms with E-state index < -0.39 is 31.2 Å². The summed E-state index contributed by atoms with van der Waals surface area (Å²) in [6.45, 7) is 0.0674. The van der Waals surface area contributed by atoms with E-state index in [2.05, 4.69) is 0 Å². The molecule has 0 spiro atoms. The normalized spacial score (nSPS) is 29.7. The number of halogens is 1. The maximum absolute atomic E-state index is 12.4. The molecule has 2 aliphatic rings. The van der Waals surface area contributed by atoms with Gasteiger partial charge in [-0.05, 0) is 30.7 Å². The van der Waals surface area contributed by atoms with Gasteiger partial charge in [-0.1, -0.05) is 11.6 Å². The average molecular weight is 322 g/mol. The van der Waals surface area contributed by atoms with Crippen LogP contribution >= 0.6 is 11.6 Å². The Bertz CT molecular complexity index is 712. The summed E-state index contributed by atoms with van der Waals surface area (Å²) in [4.78, 5) is 0.154. The molecular formula is C11H12ClNO4S2. The molecule has 1 aromatic rings. The molecule has 5 nitrogen and oxygen atoms in total. The van der Waals surface area contributed by atoms with Crippen LogP contribution in [0.3, 0.4) is 0 Å². The third kappa shape index (κ3) is 2.08. The molecule has 1 aromatic carbocycles. The molecule has 2 saturated heterocycles. The molecule has 2 aliphatic heterocycles. The largest absolute Gasteiger partial charge is 0.243 e. The quantitative estimate of drug-likeness (QED) is 0.811. The van der Waals surface area contributed by atoms with Crippen LogP contribution in [-0.4, -0.2) is 44.7 Å². The number of rotatable bonds is 2.